The molecule has 3 nitrogen and oxygen atoms in total. The zero-order valence-corrected chi connectivity index (χ0v) is 6.57. The van der Waals surface area contributed by atoms with Gasteiger partial charge < -0.3 is 4.57 Å². The highest BCUT2D eigenvalue weighted by Gasteiger charge is 1.85. The molecule has 0 unspecified atom stereocenters. The van der Waals surface area contributed by atoms with Gasteiger partial charge in [0, 0.05) is 19.5 Å². The summed E-state index contributed by atoms with van der Waals surface area (Å²) >= 11 is 0. The third-order valence-electron chi connectivity index (χ3n) is 1.43. The molecule has 0 saturated heterocycles. The van der Waals surface area contributed by atoms with Crippen LogP contribution >= 0.6 is 0 Å². The van der Waals surface area contributed by atoms with Gasteiger partial charge in [-0.3, -0.25) is 0 Å². The van der Waals surface area contributed by atoms with E-state index >= 15 is 0 Å². The van der Waals surface area contributed by atoms with Crippen LogP contribution in [-0.4, -0.2) is 11.3 Å². The van der Waals surface area contributed by atoms with E-state index in [4.69, 9.17) is 0 Å². The first-order valence-electron chi connectivity index (χ1n) is 3.53. The number of pyridine rings is 1. The van der Waals surface area contributed by atoms with E-state index in [9.17, 15) is 0 Å². The zero-order chi connectivity index (χ0) is 8.10. The normalized spacial score (nSPS) is 11.5. The highest BCUT2D eigenvalue weighted by Crippen LogP contribution is 1.80. The molecule has 0 saturated carbocycles. The summed E-state index contributed by atoms with van der Waals surface area (Å²) in [6, 6.07) is 5.79. The molecule has 0 aliphatic rings. The van der Waals surface area contributed by atoms with Crippen molar-refractivity contribution in [1.82, 2.24) is 4.57 Å². The van der Waals surface area contributed by atoms with Crippen LogP contribution in [0.15, 0.2) is 34.6 Å². The molecule has 0 spiro atoms. The van der Waals surface area contributed by atoms with Gasteiger partial charge in [-0.05, 0) is 19.1 Å². The van der Waals surface area contributed by atoms with Crippen molar-refractivity contribution in [3.63, 3.8) is 0 Å². The van der Waals surface area contributed by atoms with Crippen LogP contribution in [0.5, 0.6) is 0 Å². The lowest BCUT2D eigenvalue weighted by molar-refractivity contribution is 0.704. The Balaban J connectivity index is 3.23. The number of hydrogen-bond donors (Lipinski definition) is 0. The maximum absolute atomic E-state index is 3.85. The predicted octanol–water partition coefficient (Wildman–Crippen LogP) is 1.02. The minimum absolute atomic E-state index is 0.838. The van der Waals surface area contributed by atoms with E-state index in [0.717, 1.165) is 12.0 Å². The van der Waals surface area contributed by atoms with Crippen molar-refractivity contribution in [3.8, 4) is 0 Å². The minimum Gasteiger partial charge on any atom is -0.332 e. The van der Waals surface area contributed by atoms with E-state index < -0.39 is 0 Å². The van der Waals surface area contributed by atoms with Crippen molar-refractivity contribution < 1.29 is 0 Å². The molecule has 0 amide bonds. The van der Waals surface area contributed by atoms with Gasteiger partial charge in [-0.1, -0.05) is 6.07 Å². The molecule has 0 aliphatic carbocycles. The van der Waals surface area contributed by atoms with Crippen molar-refractivity contribution in [2.24, 2.45) is 10.2 Å². The molecule has 0 bridgehead atoms. The van der Waals surface area contributed by atoms with Gasteiger partial charge in [0.1, 0.15) is 0 Å². The largest absolute Gasteiger partial charge is 0.332 e. The summed E-state index contributed by atoms with van der Waals surface area (Å²) < 4.78 is 1.99. The number of hydrogen-bond acceptors (Lipinski definition) is 2. The summed E-state index contributed by atoms with van der Waals surface area (Å²) in [6.45, 7) is 6.26. The SMILES string of the molecule is C=NN=c1ccccn1CC. The van der Waals surface area contributed by atoms with E-state index in [1.165, 1.54) is 0 Å². The molecule has 1 rings (SSSR count). The maximum Gasteiger partial charge on any atom is 0.155 e. The molecule has 0 aromatic carbocycles. The highest BCUT2D eigenvalue weighted by atomic mass is 15.2. The number of aryl methyl sites for hydroxylation is 1. The topological polar surface area (TPSA) is 29.6 Å². The summed E-state index contributed by atoms with van der Waals surface area (Å²) in [6.07, 6.45) is 1.96. The lowest BCUT2D eigenvalue weighted by atomic mass is 10.4. The number of rotatable bonds is 2. The highest BCUT2D eigenvalue weighted by molar-refractivity contribution is 5.22. The van der Waals surface area contributed by atoms with E-state index in [0.29, 0.717) is 0 Å². The van der Waals surface area contributed by atoms with Crippen LogP contribution in [0.2, 0.25) is 0 Å². The van der Waals surface area contributed by atoms with E-state index in [2.05, 4.69) is 23.8 Å². The first kappa shape index (κ1) is 7.72. The van der Waals surface area contributed by atoms with E-state index in [1.807, 2.05) is 29.0 Å². The van der Waals surface area contributed by atoms with Gasteiger partial charge in [0.2, 0.25) is 0 Å². The van der Waals surface area contributed by atoms with Crippen LogP contribution in [0.1, 0.15) is 6.92 Å². The van der Waals surface area contributed by atoms with Crippen molar-refractivity contribution in [2.75, 3.05) is 0 Å². The Hall–Kier alpha value is -1.38. The molecule has 1 aromatic heterocycles. The first-order valence-corrected chi connectivity index (χ1v) is 3.53. The maximum atomic E-state index is 3.85. The molecule has 11 heavy (non-hydrogen) atoms. The number of aromatic nitrogens is 1. The van der Waals surface area contributed by atoms with Crippen LogP contribution < -0.4 is 5.49 Å². The molecule has 3 heteroatoms. The van der Waals surface area contributed by atoms with Crippen LogP contribution in [0.4, 0.5) is 0 Å². The molecule has 0 N–H and O–H groups in total. The lowest BCUT2D eigenvalue weighted by Gasteiger charge is -1.99. The molecular weight excluding hydrogens is 138 g/mol. The molecule has 0 radical (unpaired) electrons. The molecule has 1 heterocycles. The summed E-state index contributed by atoms with van der Waals surface area (Å²) in [5, 5.41) is 7.32. The smallest absolute Gasteiger partial charge is 0.155 e. The quantitative estimate of drug-likeness (QED) is 0.444. The molecule has 58 valence electrons. The molecule has 1 aromatic rings. The lowest BCUT2D eigenvalue weighted by Crippen LogP contribution is -2.17. The van der Waals surface area contributed by atoms with Crippen molar-refractivity contribution >= 4 is 6.72 Å². The predicted molar refractivity (Wildman–Crippen MR) is 45.2 cm³/mol. The van der Waals surface area contributed by atoms with Crippen LogP contribution in [0, 0.1) is 0 Å². The molecule has 0 aliphatic heterocycles. The third-order valence-corrected chi connectivity index (χ3v) is 1.43. The third kappa shape index (κ3) is 1.77. The second-order valence-electron chi connectivity index (χ2n) is 2.09. The summed E-state index contributed by atoms with van der Waals surface area (Å²) in [7, 11) is 0. The van der Waals surface area contributed by atoms with Gasteiger partial charge in [0.15, 0.2) is 5.49 Å². The molecule has 0 atom stereocenters. The average Bonchev–Trinajstić information content (AvgIpc) is 2.06. The standard InChI is InChI=1S/C8H11N3/c1-3-11-7-5-4-6-8(11)10-9-2/h4-7H,2-3H2,1H3. The van der Waals surface area contributed by atoms with Gasteiger partial charge >= 0.3 is 0 Å². The Kier molecular flexibility index (Phi) is 2.60. The number of nitrogens with zero attached hydrogens (tertiary/aromatic N) is 3. The van der Waals surface area contributed by atoms with Crippen molar-refractivity contribution in [2.45, 2.75) is 13.5 Å². The van der Waals surface area contributed by atoms with Crippen molar-refractivity contribution in [3.05, 3.63) is 29.9 Å². The van der Waals surface area contributed by atoms with Gasteiger partial charge in [-0.2, -0.15) is 5.10 Å². The Morgan fingerprint density at radius 2 is 2.36 bits per heavy atom. The van der Waals surface area contributed by atoms with Crippen LogP contribution in [0.25, 0.3) is 0 Å². The summed E-state index contributed by atoms with van der Waals surface area (Å²) in [5.41, 5.74) is 0.838. The fourth-order valence-electron chi connectivity index (χ4n) is 0.898. The Labute approximate surface area is 65.7 Å². The Morgan fingerprint density at radius 3 is 3.00 bits per heavy atom. The summed E-state index contributed by atoms with van der Waals surface area (Å²) in [5.74, 6) is 0. The molecular formula is C8H11N3. The van der Waals surface area contributed by atoms with Crippen molar-refractivity contribution in [1.29, 1.82) is 0 Å². The van der Waals surface area contributed by atoms with Gasteiger partial charge in [0.25, 0.3) is 0 Å². The van der Waals surface area contributed by atoms with E-state index in [-0.39, 0.29) is 0 Å². The summed E-state index contributed by atoms with van der Waals surface area (Å²) in [4.78, 5) is 0. The average molecular weight is 149 g/mol. The molecule has 0 fully saturated rings. The van der Waals surface area contributed by atoms with Gasteiger partial charge in [-0.25, -0.2) is 0 Å². The van der Waals surface area contributed by atoms with Gasteiger partial charge in [-0.15, -0.1) is 5.10 Å². The first-order chi connectivity index (χ1) is 5.38. The fourth-order valence-corrected chi connectivity index (χ4v) is 0.898. The second-order valence-corrected chi connectivity index (χ2v) is 2.09. The van der Waals surface area contributed by atoms with Crippen LogP contribution in [0.3, 0.4) is 0 Å². The second kappa shape index (κ2) is 3.71. The monoisotopic (exact) mass is 149 g/mol. The van der Waals surface area contributed by atoms with Crippen LogP contribution in [-0.2, 0) is 6.54 Å². The van der Waals surface area contributed by atoms with E-state index in [1.54, 1.807) is 0 Å². The Morgan fingerprint density at radius 1 is 1.55 bits per heavy atom. The van der Waals surface area contributed by atoms with Gasteiger partial charge in [0.05, 0.1) is 0 Å². The zero-order valence-electron chi connectivity index (χ0n) is 6.57. The Bertz CT molecular complexity index is 298. The fraction of sp³-hybridized carbons (Fsp3) is 0.250. The minimum atomic E-state index is 0.838.